The topological polar surface area (TPSA) is 84.9 Å². The van der Waals surface area contributed by atoms with Gasteiger partial charge in [-0.3, -0.25) is 4.72 Å². The Labute approximate surface area is 149 Å². The van der Waals surface area contributed by atoms with Crippen LogP contribution in [0, 0.1) is 0 Å². The van der Waals surface area contributed by atoms with Crippen molar-refractivity contribution in [2.24, 2.45) is 0 Å². The summed E-state index contributed by atoms with van der Waals surface area (Å²) in [6, 6.07) is 14.2. The highest BCUT2D eigenvalue weighted by atomic mass is 32.2. The van der Waals surface area contributed by atoms with E-state index in [0.717, 1.165) is 11.1 Å². The molecule has 0 unspecified atom stereocenters. The molecule has 1 amide bonds. The van der Waals surface area contributed by atoms with Crippen LogP contribution in [-0.4, -0.2) is 23.8 Å². The Bertz CT molecular complexity index is 765. The standard InChI is InChI=1S/C18H17NO5S/c20-17(21)13-6-7-14-15(10-13)23-9-8-16(14)25-19-18(22)24-11-12-4-2-1-3-5-12/h1-7,10,16H,8-9,11H2,(H,19,22)(H,20,21)/t16-/m0/s1. The number of carbonyl (C=O) groups excluding carboxylic acids is 1. The van der Waals surface area contributed by atoms with Gasteiger partial charge in [-0.2, -0.15) is 0 Å². The number of nitrogens with one attached hydrogen (secondary N) is 1. The van der Waals surface area contributed by atoms with Crippen LogP contribution in [0.4, 0.5) is 4.79 Å². The molecule has 1 aliphatic heterocycles. The third kappa shape index (κ3) is 4.45. The lowest BCUT2D eigenvalue weighted by atomic mass is 10.0. The highest BCUT2D eigenvalue weighted by Crippen LogP contribution is 2.40. The zero-order valence-electron chi connectivity index (χ0n) is 13.3. The lowest BCUT2D eigenvalue weighted by Gasteiger charge is -2.25. The molecular weight excluding hydrogens is 342 g/mol. The normalized spacial score (nSPS) is 15.6. The number of carboxylic acids is 1. The van der Waals surface area contributed by atoms with Crippen LogP contribution >= 0.6 is 11.9 Å². The molecule has 0 saturated heterocycles. The van der Waals surface area contributed by atoms with Gasteiger partial charge in [-0.1, -0.05) is 36.4 Å². The summed E-state index contributed by atoms with van der Waals surface area (Å²) in [5, 5.41) is 9.03. The summed E-state index contributed by atoms with van der Waals surface area (Å²) in [5.74, 6) is -0.452. The summed E-state index contributed by atoms with van der Waals surface area (Å²) in [7, 11) is 0. The van der Waals surface area contributed by atoms with Crippen molar-refractivity contribution in [3.8, 4) is 5.75 Å². The highest BCUT2D eigenvalue weighted by molar-refractivity contribution is 7.98. The Balaban J connectivity index is 1.55. The molecule has 1 aliphatic rings. The Hall–Kier alpha value is -2.67. The van der Waals surface area contributed by atoms with Crippen molar-refractivity contribution in [2.45, 2.75) is 18.3 Å². The molecular formula is C18H17NO5S. The first kappa shape index (κ1) is 17.2. The highest BCUT2D eigenvalue weighted by Gasteiger charge is 2.24. The summed E-state index contributed by atoms with van der Waals surface area (Å²) >= 11 is 1.25. The van der Waals surface area contributed by atoms with Gasteiger partial charge in [0.05, 0.1) is 17.4 Å². The van der Waals surface area contributed by atoms with Crippen molar-refractivity contribution in [3.05, 3.63) is 65.2 Å². The number of carboxylic acid groups (broad SMARTS) is 1. The van der Waals surface area contributed by atoms with E-state index < -0.39 is 12.1 Å². The molecule has 0 saturated carbocycles. The molecule has 1 atom stereocenters. The van der Waals surface area contributed by atoms with Crippen molar-refractivity contribution >= 4 is 24.0 Å². The quantitative estimate of drug-likeness (QED) is 0.790. The first-order valence-electron chi connectivity index (χ1n) is 7.76. The van der Waals surface area contributed by atoms with Gasteiger partial charge < -0.3 is 14.6 Å². The van der Waals surface area contributed by atoms with Crippen LogP contribution in [-0.2, 0) is 11.3 Å². The Morgan fingerprint density at radius 3 is 2.80 bits per heavy atom. The van der Waals surface area contributed by atoms with Gasteiger partial charge in [0.1, 0.15) is 12.4 Å². The molecule has 2 N–H and O–H groups in total. The Morgan fingerprint density at radius 2 is 2.04 bits per heavy atom. The minimum Gasteiger partial charge on any atom is -0.493 e. The number of aromatic carboxylic acids is 1. The van der Waals surface area contributed by atoms with Crippen molar-refractivity contribution in [1.29, 1.82) is 0 Å². The lowest BCUT2D eigenvalue weighted by molar-refractivity contribution is 0.0696. The average molecular weight is 359 g/mol. The number of hydrogen-bond acceptors (Lipinski definition) is 5. The molecule has 0 aromatic heterocycles. The van der Waals surface area contributed by atoms with Crippen LogP contribution in [0.2, 0.25) is 0 Å². The lowest BCUT2D eigenvalue weighted by Crippen LogP contribution is -2.21. The number of hydrogen-bond donors (Lipinski definition) is 2. The van der Waals surface area contributed by atoms with Gasteiger partial charge in [0.2, 0.25) is 0 Å². The van der Waals surface area contributed by atoms with E-state index in [1.807, 2.05) is 30.3 Å². The van der Waals surface area contributed by atoms with E-state index in [4.69, 9.17) is 14.6 Å². The number of ether oxygens (including phenoxy) is 2. The Morgan fingerprint density at radius 1 is 1.24 bits per heavy atom. The number of fused-ring (bicyclic) bond motifs is 1. The van der Waals surface area contributed by atoms with E-state index in [0.29, 0.717) is 18.8 Å². The molecule has 0 fully saturated rings. The fourth-order valence-electron chi connectivity index (χ4n) is 2.48. The number of carbonyl (C=O) groups is 2. The molecule has 25 heavy (non-hydrogen) atoms. The van der Waals surface area contributed by atoms with E-state index in [9.17, 15) is 9.59 Å². The second kappa shape index (κ2) is 7.94. The molecule has 130 valence electrons. The smallest absolute Gasteiger partial charge is 0.417 e. The average Bonchev–Trinajstić information content (AvgIpc) is 2.65. The summed E-state index contributed by atoms with van der Waals surface area (Å²) in [6.45, 7) is 0.675. The molecule has 0 radical (unpaired) electrons. The first-order valence-corrected chi connectivity index (χ1v) is 8.64. The maximum absolute atomic E-state index is 11.9. The second-order valence-corrected chi connectivity index (χ2v) is 6.47. The molecule has 7 heteroatoms. The fraction of sp³-hybridized carbons (Fsp3) is 0.222. The zero-order chi connectivity index (χ0) is 17.6. The summed E-state index contributed by atoms with van der Waals surface area (Å²) in [5.41, 5.74) is 1.96. The van der Waals surface area contributed by atoms with Gasteiger partial charge in [0.15, 0.2) is 0 Å². The maximum atomic E-state index is 11.9. The van der Waals surface area contributed by atoms with Crippen LogP contribution in [0.25, 0.3) is 0 Å². The van der Waals surface area contributed by atoms with E-state index in [1.54, 1.807) is 6.07 Å². The zero-order valence-corrected chi connectivity index (χ0v) is 14.1. The molecule has 2 aromatic rings. The van der Waals surface area contributed by atoms with Crippen LogP contribution < -0.4 is 9.46 Å². The van der Waals surface area contributed by atoms with Crippen LogP contribution in [0.3, 0.4) is 0 Å². The largest absolute Gasteiger partial charge is 0.493 e. The third-order valence-corrected chi connectivity index (χ3v) is 4.80. The Kier molecular flexibility index (Phi) is 5.45. The van der Waals surface area contributed by atoms with Crippen LogP contribution in [0.15, 0.2) is 48.5 Å². The molecule has 0 spiro atoms. The second-order valence-electron chi connectivity index (χ2n) is 5.47. The SMILES string of the molecule is O=C(NS[C@H]1CCOc2cc(C(=O)O)ccc21)OCc1ccccc1. The summed E-state index contributed by atoms with van der Waals surface area (Å²) in [4.78, 5) is 22.9. The van der Waals surface area contributed by atoms with Crippen LogP contribution in [0.5, 0.6) is 5.75 Å². The van der Waals surface area contributed by atoms with E-state index in [2.05, 4.69) is 4.72 Å². The molecule has 6 nitrogen and oxygen atoms in total. The number of rotatable bonds is 5. The minimum atomic E-state index is -0.996. The van der Waals surface area contributed by atoms with Gasteiger partial charge in [-0.15, -0.1) is 0 Å². The molecule has 1 heterocycles. The van der Waals surface area contributed by atoms with Gasteiger partial charge >= 0.3 is 12.1 Å². The summed E-state index contributed by atoms with van der Waals surface area (Å²) < 4.78 is 13.4. The van der Waals surface area contributed by atoms with Crippen LogP contribution in [0.1, 0.15) is 33.2 Å². The van der Waals surface area contributed by atoms with Gasteiger partial charge in [-0.25, -0.2) is 9.59 Å². The monoisotopic (exact) mass is 359 g/mol. The van der Waals surface area contributed by atoms with Crippen molar-refractivity contribution in [1.82, 2.24) is 4.72 Å². The van der Waals surface area contributed by atoms with Crippen molar-refractivity contribution < 1.29 is 24.2 Å². The number of amides is 1. The van der Waals surface area contributed by atoms with E-state index in [-0.39, 0.29) is 17.4 Å². The summed E-state index contributed by atoms with van der Waals surface area (Å²) in [6.07, 6.45) is 0.201. The number of benzene rings is 2. The van der Waals surface area contributed by atoms with Gasteiger partial charge in [0, 0.05) is 5.56 Å². The minimum absolute atomic E-state index is 0.0177. The first-order chi connectivity index (χ1) is 12.1. The third-order valence-electron chi connectivity index (χ3n) is 3.74. The van der Waals surface area contributed by atoms with Crippen molar-refractivity contribution in [3.63, 3.8) is 0 Å². The molecule has 0 bridgehead atoms. The molecule has 0 aliphatic carbocycles. The van der Waals surface area contributed by atoms with Gasteiger partial charge in [-0.05, 0) is 36.1 Å². The molecule has 3 rings (SSSR count). The molecule has 2 aromatic carbocycles. The predicted octanol–water partition coefficient (Wildman–Crippen LogP) is 3.78. The van der Waals surface area contributed by atoms with E-state index >= 15 is 0 Å². The van der Waals surface area contributed by atoms with Gasteiger partial charge in [0.25, 0.3) is 0 Å². The van der Waals surface area contributed by atoms with Crippen molar-refractivity contribution in [2.75, 3.05) is 6.61 Å². The fourth-order valence-corrected chi connectivity index (χ4v) is 3.32. The predicted molar refractivity (Wildman–Crippen MR) is 93.6 cm³/mol. The maximum Gasteiger partial charge on any atom is 0.417 e. The van der Waals surface area contributed by atoms with E-state index in [1.165, 1.54) is 24.1 Å².